The van der Waals surface area contributed by atoms with E-state index in [0.29, 0.717) is 17.3 Å². The van der Waals surface area contributed by atoms with Gasteiger partial charge in [0.1, 0.15) is 11.0 Å². The monoisotopic (exact) mass is 349 g/mol. The zero-order valence-corrected chi connectivity index (χ0v) is 14.2. The van der Waals surface area contributed by atoms with Crippen molar-refractivity contribution in [2.45, 2.75) is 12.6 Å². The third-order valence-electron chi connectivity index (χ3n) is 4.36. The van der Waals surface area contributed by atoms with E-state index in [9.17, 15) is 9.50 Å². The lowest BCUT2D eigenvalue weighted by molar-refractivity contribution is 0.0685. The Hall–Kier alpha value is -1.53. The normalized spacial score (nSPS) is 17.8. The van der Waals surface area contributed by atoms with E-state index >= 15 is 0 Å². The van der Waals surface area contributed by atoms with Crippen LogP contribution >= 0.6 is 11.6 Å². The maximum atomic E-state index is 13.7. The Morgan fingerprint density at radius 1 is 1.08 bits per heavy atom. The number of aromatic nitrogens is 1. The van der Waals surface area contributed by atoms with Crippen LogP contribution in [0.15, 0.2) is 42.6 Å². The molecule has 0 saturated carbocycles. The highest BCUT2D eigenvalue weighted by molar-refractivity contribution is 6.29. The summed E-state index contributed by atoms with van der Waals surface area (Å²) in [6.45, 7) is 4.82. The maximum absolute atomic E-state index is 13.7. The summed E-state index contributed by atoms with van der Waals surface area (Å²) in [5, 5.41) is 10.8. The van der Waals surface area contributed by atoms with E-state index in [4.69, 9.17) is 11.6 Å². The first kappa shape index (κ1) is 17.3. The number of β-amino-alcohol motifs (C(OH)–C–C–N with tert-alkyl or cyclic N) is 1. The Morgan fingerprint density at radius 3 is 2.46 bits per heavy atom. The molecule has 4 nitrogen and oxygen atoms in total. The topological polar surface area (TPSA) is 39.6 Å². The van der Waals surface area contributed by atoms with Crippen LogP contribution in [0.25, 0.3) is 0 Å². The van der Waals surface area contributed by atoms with Gasteiger partial charge in [-0.3, -0.25) is 9.80 Å². The van der Waals surface area contributed by atoms with Crippen molar-refractivity contribution >= 4 is 11.6 Å². The summed E-state index contributed by atoms with van der Waals surface area (Å²) < 4.78 is 13.7. The summed E-state index contributed by atoms with van der Waals surface area (Å²) >= 11 is 5.80. The molecule has 1 unspecified atom stereocenters. The van der Waals surface area contributed by atoms with Crippen molar-refractivity contribution in [3.05, 3.63) is 64.7 Å². The molecule has 2 aromatic rings. The Labute approximate surface area is 146 Å². The summed E-state index contributed by atoms with van der Waals surface area (Å²) in [6, 6.07) is 10.2. The number of aliphatic hydroxyl groups is 1. The standard InChI is InChI=1S/C18H21ClFN3O/c19-18-6-5-14(11-21-18)12-22-7-9-23(10-8-22)13-17(24)15-3-1-2-4-16(15)20/h1-6,11,17,24H,7-10,12-13H2. The number of aliphatic hydroxyl groups excluding tert-OH is 1. The minimum Gasteiger partial charge on any atom is -0.387 e. The van der Waals surface area contributed by atoms with Gasteiger partial charge in [0.25, 0.3) is 0 Å². The average molecular weight is 350 g/mol. The lowest BCUT2D eigenvalue weighted by Crippen LogP contribution is -2.47. The number of rotatable bonds is 5. The van der Waals surface area contributed by atoms with Gasteiger partial charge in [0.15, 0.2) is 0 Å². The molecule has 1 N–H and O–H groups in total. The fourth-order valence-corrected chi connectivity index (χ4v) is 3.09. The van der Waals surface area contributed by atoms with Crippen molar-refractivity contribution < 1.29 is 9.50 Å². The van der Waals surface area contributed by atoms with E-state index in [2.05, 4.69) is 14.8 Å². The molecule has 0 bridgehead atoms. The molecule has 1 saturated heterocycles. The average Bonchev–Trinajstić information content (AvgIpc) is 2.59. The number of piperazine rings is 1. The van der Waals surface area contributed by atoms with E-state index in [-0.39, 0.29) is 5.82 Å². The van der Waals surface area contributed by atoms with Gasteiger partial charge in [0.05, 0.1) is 6.10 Å². The number of benzene rings is 1. The quantitative estimate of drug-likeness (QED) is 0.843. The second-order valence-corrected chi connectivity index (χ2v) is 6.49. The molecule has 1 atom stereocenters. The Balaban J connectivity index is 1.48. The van der Waals surface area contributed by atoms with Crippen molar-refractivity contribution in [2.24, 2.45) is 0 Å². The fourth-order valence-electron chi connectivity index (χ4n) is 2.98. The smallest absolute Gasteiger partial charge is 0.129 e. The van der Waals surface area contributed by atoms with Gasteiger partial charge >= 0.3 is 0 Å². The fraction of sp³-hybridized carbons (Fsp3) is 0.389. The summed E-state index contributed by atoms with van der Waals surface area (Å²) in [5.74, 6) is -0.348. The Morgan fingerprint density at radius 2 is 1.79 bits per heavy atom. The van der Waals surface area contributed by atoms with Crippen molar-refractivity contribution in [2.75, 3.05) is 32.7 Å². The summed E-state index contributed by atoms with van der Waals surface area (Å²) in [5.41, 5.74) is 1.51. The third-order valence-corrected chi connectivity index (χ3v) is 4.58. The molecule has 0 aliphatic carbocycles. The Kier molecular flexibility index (Phi) is 5.79. The lowest BCUT2D eigenvalue weighted by atomic mass is 10.1. The minimum absolute atomic E-state index is 0.348. The van der Waals surface area contributed by atoms with Gasteiger partial charge in [0, 0.05) is 51.0 Å². The number of hydrogen-bond acceptors (Lipinski definition) is 4. The van der Waals surface area contributed by atoms with E-state index < -0.39 is 6.10 Å². The third kappa shape index (κ3) is 4.51. The largest absolute Gasteiger partial charge is 0.387 e. The molecule has 1 aliphatic heterocycles. The SMILES string of the molecule is OC(CN1CCN(Cc2ccc(Cl)nc2)CC1)c1ccccc1F. The van der Waals surface area contributed by atoms with Gasteiger partial charge < -0.3 is 5.11 Å². The lowest BCUT2D eigenvalue weighted by Gasteiger charge is -2.35. The van der Waals surface area contributed by atoms with Gasteiger partial charge in [-0.15, -0.1) is 0 Å². The van der Waals surface area contributed by atoms with Gasteiger partial charge in [-0.05, 0) is 17.7 Å². The molecule has 1 aromatic carbocycles. The molecule has 6 heteroatoms. The molecule has 24 heavy (non-hydrogen) atoms. The Bertz CT molecular complexity index is 660. The molecule has 3 rings (SSSR count). The molecule has 0 radical (unpaired) electrons. The van der Waals surface area contributed by atoms with Crippen LogP contribution in [0.2, 0.25) is 5.15 Å². The molecule has 128 valence electrons. The van der Waals surface area contributed by atoms with E-state index in [1.165, 1.54) is 6.07 Å². The van der Waals surface area contributed by atoms with Crippen LogP contribution in [-0.2, 0) is 6.54 Å². The predicted molar refractivity (Wildman–Crippen MR) is 92.3 cm³/mol. The van der Waals surface area contributed by atoms with Crippen molar-refractivity contribution in [3.63, 3.8) is 0 Å². The maximum Gasteiger partial charge on any atom is 0.129 e. The zero-order valence-electron chi connectivity index (χ0n) is 13.4. The van der Waals surface area contributed by atoms with Crippen LogP contribution in [0.5, 0.6) is 0 Å². The first-order chi connectivity index (χ1) is 11.6. The highest BCUT2D eigenvalue weighted by Gasteiger charge is 2.21. The zero-order chi connectivity index (χ0) is 16.9. The van der Waals surface area contributed by atoms with Crippen LogP contribution in [0, 0.1) is 5.82 Å². The van der Waals surface area contributed by atoms with Crippen LogP contribution in [0.4, 0.5) is 4.39 Å². The number of pyridine rings is 1. The van der Waals surface area contributed by atoms with E-state index in [1.54, 1.807) is 30.5 Å². The molecule has 1 fully saturated rings. The molecule has 1 aliphatic rings. The molecular weight excluding hydrogens is 329 g/mol. The highest BCUT2D eigenvalue weighted by Crippen LogP contribution is 2.19. The number of nitrogens with zero attached hydrogens (tertiary/aromatic N) is 3. The highest BCUT2D eigenvalue weighted by atomic mass is 35.5. The second kappa shape index (κ2) is 8.03. The first-order valence-corrected chi connectivity index (χ1v) is 8.47. The van der Waals surface area contributed by atoms with Crippen molar-refractivity contribution in [1.82, 2.24) is 14.8 Å². The first-order valence-electron chi connectivity index (χ1n) is 8.09. The van der Waals surface area contributed by atoms with Gasteiger partial charge in [0.2, 0.25) is 0 Å². The van der Waals surface area contributed by atoms with Gasteiger partial charge in [-0.25, -0.2) is 9.37 Å². The summed E-state index contributed by atoms with van der Waals surface area (Å²) in [6.07, 6.45) is 1.01. The van der Waals surface area contributed by atoms with E-state index in [0.717, 1.165) is 38.3 Å². The van der Waals surface area contributed by atoms with E-state index in [1.807, 2.05) is 6.07 Å². The number of halogens is 2. The molecule has 1 aromatic heterocycles. The van der Waals surface area contributed by atoms with Gasteiger partial charge in [-0.2, -0.15) is 0 Å². The van der Waals surface area contributed by atoms with Crippen LogP contribution < -0.4 is 0 Å². The summed E-state index contributed by atoms with van der Waals surface area (Å²) in [4.78, 5) is 8.62. The van der Waals surface area contributed by atoms with Crippen LogP contribution in [0.3, 0.4) is 0 Å². The van der Waals surface area contributed by atoms with Crippen molar-refractivity contribution in [1.29, 1.82) is 0 Å². The van der Waals surface area contributed by atoms with Crippen LogP contribution in [-0.4, -0.2) is 52.6 Å². The second-order valence-electron chi connectivity index (χ2n) is 6.10. The number of hydrogen-bond donors (Lipinski definition) is 1. The minimum atomic E-state index is -0.793. The molecular formula is C18H21ClFN3O. The van der Waals surface area contributed by atoms with Crippen LogP contribution in [0.1, 0.15) is 17.2 Å². The molecule has 0 amide bonds. The molecule has 2 heterocycles. The van der Waals surface area contributed by atoms with Crippen molar-refractivity contribution in [3.8, 4) is 0 Å². The molecule has 0 spiro atoms. The van der Waals surface area contributed by atoms with Gasteiger partial charge in [-0.1, -0.05) is 35.9 Å². The summed E-state index contributed by atoms with van der Waals surface area (Å²) in [7, 11) is 0. The predicted octanol–water partition coefficient (Wildman–Crippen LogP) is 2.73.